The molecule has 0 radical (unpaired) electrons. The number of ether oxygens (including phenoxy) is 1. The van der Waals surface area contributed by atoms with Crippen molar-refractivity contribution >= 4 is 23.0 Å². The molecule has 0 aliphatic carbocycles. The molecule has 0 fully saturated rings. The standard InChI is InChI=1S/C20H19N3O2/c1-14-6-5-7-15(12-14)23-20(24)18-13-16(10-11-21-18)22-17-8-3-4-9-19(17)25-2/h3-13H,1-2H3,(H,21,22)(H,23,24). The van der Waals surface area contributed by atoms with Crippen LogP contribution in [0.4, 0.5) is 17.1 Å². The van der Waals surface area contributed by atoms with E-state index in [1.54, 1.807) is 25.4 Å². The Bertz CT molecular complexity index is 893. The number of amides is 1. The number of nitrogens with one attached hydrogen (secondary N) is 2. The Balaban J connectivity index is 1.78. The first-order valence-electron chi connectivity index (χ1n) is 7.90. The Morgan fingerprint density at radius 3 is 2.64 bits per heavy atom. The van der Waals surface area contributed by atoms with Gasteiger partial charge in [0.2, 0.25) is 0 Å². The number of benzene rings is 2. The van der Waals surface area contributed by atoms with Gasteiger partial charge in [0.25, 0.3) is 5.91 Å². The van der Waals surface area contributed by atoms with Crippen LogP contribution in [-0.2, 0) is 0 Å². The molecular formula is C20H19N3O2. The highest BCUT2D eigenvalue weighted by Crippen LogP contribution is 2.27. The van der Waals surface area contributed by atoms with Crippen molar-refractivity contribution in [3.8, 4) is 5.75 Å². The highest BCUT2D eigenvalue weighted by molar-refractivity contribution is 6.03. The minimum atomic E-state index is -0.255. The van der Waals surface area contributed by atoms with E-state index in [0.717, 1.165) is 28.4 Å². The zero-order valence-corrected chi connectivity index (χ0v) is 14.1. The molecule has 3 aromatic rings. The number of pyridine rings is 1. The minimum Gasteiger partial charge on any atom is -0.495 e. The van der Waals surface area contributed by atoms with E-state index in [-0.39, 0.29) is 5.91 Å². The fraction of sp³-hybridized carbons (Fsp3) is 0.100. The highest BCUT2D eigenvalue weighted by atomic mass is 16.5. The van der Waals surface area contributed by atoms with Crippen molar-refractivity contribution in [2.45, 2.75) is 6.92 Å². The lowest BCUT2D eigenvalue weighted by Crippen LogP contribution is -2.13. The average molecular weight is 333 g/mol. The van der Waals surface area contributed by atoms with E-state index in [9.17, 15) is 4.79 Å². The molecule has 0 bridgehead atoms. The van der Waals surface area contributed by atoms with E-state index >= 15 is 0 Å². The zero-order chi connectivity index (χ0) is 17.6. The van der Waals surface area contributed by atoms with Crippen LogP contribution in [-0.4, -0.2) is 18.0 Å². The molecule has 2 aromatic carbocycles. The van der Waals surface area contributed by atoms with E-state index in [2.05, 4.69) is 15.6 Å². The number of hydrogen-bond acceptors (Lipinski definition) is 4. The quantitative estimate of drug-likeness (QED) is 0.727. The van der Waals surface area contributed by atoms with Gasteiger partial charge >= 0.3 is 0 Å². The number of carbonyl (C=O) groups is 1. The Labute approximate surface area is 146 Å². The van der Waals surface area contributed by atoms with Crippen LogP contribution in [0.3, 0.4) is 0 Å². The Hall–Kier alpha value is -3.34. The summed E-state index contributed by atoms with van der Waals surface area (Å²) in [6.07, 6.45) is 1.60. The summed E-state index contributed by atoms with van der Waals surface area (Å²) in [5.41, 5.74) is 3.74. The number of nitrogens with zero attached hydrogens (tertiary/aromatic N) is 1. The summed E-state index contributed by atoms with van der Waals surface area (Å²) >= 11 is 0. The maximum Gasteiger partial charge on any atom is 0.274 e. The van der Waals surface area contributed by atoms with Crippen LogP contribution in [0.5, 0.6) is 5.75 Å². The van der Waals surface area contributed by atoms with Crippen molar-refractivity contribution < 1.29 is 9.53 Å². The van der Waals surface area contributed by atoms with Gasteiger partial charge in [0, 0.05) is 17.6 Å². The number of carbonyl (C=O) groups excluding carboxylic acids is 1. The van der Waals surface area contributed by atoms with E-state index in [1.807, 2.05) is 55.5 Å². The molecule has 5 heteroatoms. The van der Waals surface area contributed by atoms with Crippen molar-refractivity contribution in [3.05, 3.63) is 78.1 Å². The normalized spacial score (nSPS) is 10.2. The van der Waals surface area contributed by atoms with E-state index in [4.69, 9.17) is 4.74 Å². The van der Waals surface area contributed by atoms with Crippen molar-refractivity contribution in [2.24, 2.45) is 0 Å². The smallest absolute Gasteiger partial charge is 0.274 e. The Kier molecular flexibility index (Phi) is 4.95. The number of rotatable bonds is 5. The van der Waals surface area contributed by atoms with Crippen molar-refractivity contribution in [2.75, 3.05) is 17.7 Å². The van der Waals surface area contributed by atoms with Gasteiger partial charge in [-0.05, 0) is 48.9 Å². The Morgan fingerprint density at radius 1 is 1.00 bits per heavy atom. The molecule has 0 unspecified atom stereocenters. The first kappa shape index (κ1) is 16.5. The topological polar surface area (TPSA) is 63.2 Å². The van der Waals surface area contributed by atoms with Gasteiger partial charge in [-0.1, -0.05) is 24.3 Å². The molecule has 1 heterocycles. The molecule has 0 aliphatic rings. The molecule has 0 saturated carbocycles. The summed E-state index contributed by atoms with van der Waals surface area (Å²) in [4.78, 5) is 16.6. The van der Waals surface area contributed by atoms with Gasteiger partial charge in [-0.2, -0.15) is 0 Å². The maximum atomic E-state index is 12.4. The second-order valence-corrected chi connectivity index (χ2v) is 5.58. The Morgan fingerprint density at radius 2 is 1.84 bits per heavy atom. The average Bonchev–Trinajstić information content (AvgIpc) is 2.62. The van der Waals surface area contributed by atoms with Crippen LogP contribution in [0.25, 0.3) is 0 Å². The van der Waals surface area contributed by atoms with Gasteiger partial charge in [0.1, 0.15) is 11.4 Å². The van der Waals surface area contributed by atoms with Crippen molar-refractivity contribution in [3.63, 3.8) is 0 Å². The molecule has 1 aromatic heterocycles. The van der Waals surface area contributed by atoms with Crippen LogP contribution in [0.1, 0.15) is 16.1 Å². The van der Waals surface area contributed by atoms with E-state index in [1.165, 1.54) is 0 Å². The van der Waals surface area contributed by atoms with Gasteiger partial charge in [-0.3, -0.25) is 9.78 Å². The van der Waals surface area contributed by atoms with Crippen molar-refractivity contribution in [1.82, 2.24) is 4.98 Å². The minimum absolute atomic E-state index is 0.255. The maximum absolute atomic E-state index is 12.4. The number of methoxy groups -OCH3 is 1. The van der Waals surface area contributed by atoms with Crippen LogP contribution in [0, 0.1) is 6.92 Å². The number of para-hydroxylation sites is 2. The first-order valence-corrected chi connectivity index (χ1v) is 7.90. The monoisotopic (exact) mass is 333 g/mol. The van der Waals surface area contributed by atoms with Gasteiger partial charge in [0.05, 0.1) is 12.8 Å². The molecule has 126 valence electrons. The number of aryl methyl sites for hydroxylation is 1. The summed E-state index contributed by atoms with van der Waals surface area (Å²) in [5.74, 6) is 0.472. The van der Waals surface area contributed by atoms with E-state index in [0.29, 0.717) is 5.69 Å². The molecule has 3 rings (SSSR count). The lowest BCUT2D eigenvalue weighted by Gasteiger charge is -2.11. The predicted molar refractivity (Wildman–Crippen MR) is 99.6 cm³/mol. The molecule has 25 heavy (non-hydrogen) atoms. The SMILES string of the molecule is COc1ccccc1Nc1ccnc(C(=O)Nc2cccc(C)c2)c1. The predicted octanol–water partition coefficient (Wildman–Crippen LogP) is 4.39. The third-order valence-corrected chi connectivity index (χ3v) is 3.65. The van der Waals surface area contributed by atoms with Gasteiger partial charge < -0.3 is 15.4 Å². The van der Waals surface area contributed by atoms with Crippen LogP contribution in [0.15, 0.2) is 66.9 Å². The molecule has 5 nitrogen and oxygen atoms in total. The lowest BCUT2D eigenvalue weighted by atomic mass is 10.2. The molecule has 2 N–H and O–H groups in total. The number of hydrogen-bond donors (Lipinski definition) is 2. The van der Waals surface area contributed by atoms with Crippen molar-refractivity contribution in [1.29, 1.82) is 0 Å². The molecule has 1 amide bonds. The molecule has 0 saturated heterocycles. The molecule has 0 spiro atoms. The second-order valence-electron chi connectivity index (χ2n) is 5.58. The number of aromatic nitrogens is 1. The summed E-state index contributed by atoms with van der Waals surface area (Å²) in [5, 5.41) is 6.11. The second kappa shape index (κ2) is 7.49. The molecule has 0 aliphatic heterocycles. The fourth-order valence-corrected chi connectivity index (χ4v) is 2.45. The highest BCUT2D eigenvalue weighted by Gasteiger charge is 2.09. The largest absolute Gasteiger partial charge is 0.495 e. The summed E-state index contributed by atoms with van der Waals surface area (Å²) in [7, 11) is 1.62. The van der Waals surface area contributed by atoms with Gasteiger partial charge in [0.15, 0.2) is 0 Å². The molecule has 0 atom stereocenters. The molecular weight excluding hydrogens is 314 g/mol. The zero-order valence-electron chi connectivity index (χ0n) is 14.1. The fourth-order valence-electron chi connectivity index (χ4n) is 2.45. The van der Waals surface area contributed by atoms with Crippen LogP contribution < -0.4 is 15.4 Å². The van der Waals surface area contributed by atoms with Gasteiger partial charge in [-0.15, -0.1) is 0 Å². The lowest BCUT2D eigenvalue weighted by molar-refractivity contribution is 0.102. The number of anilines is 3. The van der Waals surface area contributed by atoms with Crippen LogP contribution in [0.2, 0.25) is 0 Å². The summed E-state index contributed by atoms with van der Waals surface area (Å²) in [6.45, 7) is 1.98. The first-order chi connectivity index (χ1) is 12.2. The summed E-state index contributed by atoms with van der Waals surface area (Å²) in [6, 6.07) is 18.7. The van der Waals surface area contributed by atoms with Gasteiger partial charge in [-0.25, -0.2) is 0 Å². The third kappa shape index (κ3) is 4.14. The van der Waals surface area contributed by atoms with E-state index < -0.39 is 0 Å². The summed E-state index contributed by atoms with van der Waals surface area (Å²) < 4.78 is 5.33. The van der Waals surface area contributed by atoms with Crippen LogP contribution >= 0.6 is 0 Å². The third-order valence-electron chi connectivity index (χ3n) is 3.65.